The van der Waals surface area contributed by atoms with Crippen molar-refractivity contribution in [2.75, 3.05) is 0 Å². The first-order valence-corrected chi connectivity index (χ1v) is 18.0. The van der Waals surface area contributed by atoms with E-state index in [1.807, 2.05) is 48.6 Å². The number of hydrogen-bond donors (Lipinski definition) is 0. The second-order valence-corrected chi connectivity index (χ2v) is 13.2. The summed E-state index contributed by atoms with van der Waals surface area (Å²) in [7, 11) is 0. The van der Waals surface area contributed by atoms with Gasteiger partial charge in [0, 0.05) is 38.4 Å². The minimum Gasteiger partial charge on any atom is -0.247 e. The van der Waals surface area contributed by atoms with Crippen molar-refractivity contribution in [3.8, 4) is 45.0 Å². The Morgan fingerprint density at radius 2 is 1.09 bits per heavy atom. The standard InChI is InChI=1S/C50H35N3/c1-34-17-7-3-2-4-8-22-39(31-34)49-44-32-43(40-23-13-14-24-41(40)48(44)42-25-15-16-26-45(42)51-49)35-27-29-37(30-28-35)47-33-46(36-18-9-5-10-19-36)52-50(53-47)38-20-11-6-12-21-38/h2-3,5-33H,1,4H2/b3-2-,17-7-,22-8-,39-31?. The lowest BCUT2D eigenvalue weighted by Crippen LogP contribution is -1.96. The summed E-state index contributed by atoms with van der Waals surface area (Å²) >= 11 is 0. The molecule has 0 spiro atoms. The predicted octanol–water partition coefficient (Wildman–Crippen LogP) is 13.0. The van der Waals surface area contributed by atoms with Crippen LogP contribution in [0, 0.1) is 0 Å². The number of hydrogen-bond acceptors (Lipinski definition) is 3. The van der Waals surface area contributed by atoms with Crippen LogP contribution in [0.25, 0.3) is 83.1 Å². The van der Waals surface area contributed by atoms with E-state index in [1.54, 1.807) is 0 Å². The topological polar surface area (TPSA) is 38.7 Å². The van der Waals surface area contributed by atoms with Crippen molar-refractivity contribution >= 4 is 38.0 Å². The zero-order chi connectivity index (χ0) is 35.6. The Morgan fingerprint density at radius 1 is 0.472 bits per heavy atom. The van der Waals surface area contributed by atoms with Gasteiger partial charge in [0.1, 0.15) is 0 Å². The monoisotopic (exact) mass is 677 g/mol. The molecule has 53 heavy (non-hydrogen) atoms. The molecular formula is C50H35N3. The molecule has 1 aliphatic rings. The summed E-state index contributed by atoms with van der Waals surface area (Å²) < 4.78 is 0. The summed E-state index contributed by atoms with van der Waals surface area (Å²) in [6.45, 7) is 4.33. The van der Waals surface area contributed by atoms with Gasteiger partial charge in [-0.1, -0.05) is 170 Å². The van der Waals surface area contributed by atoms with Crippen molar-refractivity contribution in [1.29, 1.82) is 0 Å². The fourth-order valence-electron chi connectivity index (χ4n) is 7.22. The van der Waals surface area contributed by atoms with Gasteiger partial charge >= 0.3 is 0 Å². The van der Waals surface area contributed by atoms with Crippen molar-refractivity contribution < 1.29 is 0 Å². The van der Waals surface area contributed by atoms with Crippen LogP contribution in [0.15, 0.2) is 200 Å². The van der Waals surface area contributed by atoms with Crippen molar-refractivity contribution in [3.05, 3.63) is 206 Å². The third kappa shape index (κ3) is 6.30. The van der Waals surface area contributed by atoms with Gasteiger partial charge in [0.2, 0.25) is 0 Å². The summed E-state index contributed by atoms with van der Waals surface area (Å²) in [6.07, 6.45) is 15.7. The number of rotatable bonds is 5. The molecule has 0 atom stereocenters. The molecule has 3 nitrogen and oxygen atoms in total. The molecule has 0 unspecified atom stereocenters. The maximum absolute atomic E-state index is 5.33. The van der Waals surface area contributed by atoms with Crippen molar-refractivity contribution in [2.24, 2.45) is 0 Å². The van der Waals surface area contributed by atoms with Crippen LogP contribution in [0.4, 0.5) is 0 Å². The number of nitrogens with zero attached hydrogens (tertiary/aromatic N) is 3. The zero-order valence-corrected chi connectivity index (χ0v) is 29.2. The highest BCUT2D eigenvalue weighted by atomic mass is 14.9. The average molecular weight is 678 g/mol. The zero-order valence-electron chi connectivity index (χ0n) is 29.2. The Hall–Kier alpha value is -6.97. The lowest BCUT2D eigenvalue weighted by molar-refractivity contribution is 1.18. The molecule has 2 heterocycles. The summed E-state index contributed by atoms with van der Waals surface area (Å²) in [5.74, 6) is 0.705. The number of fused-ring (bicyclic) bond motifs is 5. The molecule has 0 N–H and O–H groups in total. The second kappa shape index (κ2) is 14.0. The first kappa shape index (κ1) is 32.0. The maximum Gasteiger partial charge on any atom is 0.160 e. The molecule has 0 aliphatic heterocycles. The molecule has 2 aromatic heterocycles. The summed E-state index contributed by atoms with van der Waals surface area (Å²) in [4.78, 5) is 15.4. The molecule has 0 saturated carbocycles. The Kier molecular flexibility index (Phi) is 8.43. The normalized spacial score (nSPS) is 14.9. The van der Waals surface area contributed by atoms with Gasteiger partial charge in [-0.2, -0.15) is 0 Å². The molecule has 0 fully saturated rings. The molecular weight excluding hydrogens is 643 g/mol. The van der Waals surface area contributed by atoms with E-state index < -0.39 is 0 Å². The SMILES string of the molecule is C=C1C=C(c2nc3ccccc3c3c2cc(-c2ccc(-c4cc(-c5ccccc5)nc(-c5ccccc5)n4)cc2)c2ccccc23)/C=C\C/C=C\C=C/1. The highest BCUT2D eigenvalue weighted by Crippen LogP contribution is 2.41. The highest BCUT2D eigenvalue weighted by molar-refractivity contribution is 6.24. The van der Waals surface area contributed by atoms with Crippen LogP contribution in [-0.4, -0.2) is 15.0 Å². The number of benzene rings is 6. The Morgan fingerprint density at radius 3 is 1.85 bits per heavy atom. The van der Waals surface area contributed by atoms with Gasteiger partial charge in [-0.25, -0.2) is 15.0 Å². The van der Waals surface area contributed by atoms with Crippen LogP contribution < -0.4 is 0 Å². The van der Waals surface area contributed by atoms with E-state index in [0.29, 0.717) is 5.82 Å². The van der Waals surface area contributed by atoms with E-state index >= 15 is 0 Å². The van der Waals surface area contributed by atoms with E-state index in [2.05, 4.69) is 146 Å². The van der Waals surface area contributed by atoms with Crippen molar-refractivity contribution in [1.82, 2.24) is 15.0 Å². The van der Waals surface area contributed by atoms with Crippen LogP contribution in [-0.2, 0) is 0 Å². The minimum atomic E-state index is 0.705. The van der Waals surface area contributed by atoms with Gasteiger partial charge in [-0.3, -0.25) is 0 Å². The van der Waals surface area contributed by atoms with Gasteiger partial charge in [0.25, 0.3) is 0 Å². The molecule has 0 saturated heterocycles. The predicted molar refractivity (Wildman–Crippen MR) is 223 cm³/mol. The maximum atomic E-state index is 5.33. The Labute approximate surface area is 309 Å². The van der Waals surface area contributed by atoms with Crippen molar-refractivity contribution in [2.45, 2.75) is 6.42 Å². The number of para-hydroxylation sites is 1. The summed E-state index contributed by atoms with van der Waals surface area (Å²) in [6, 6.07) is 50.9. The van der Waals surface area contributed by atoms with E-state index in [0.717, 1.165) is 78.8 Å². The van der Waals surface area contributed by atoms with E-state index in [1.165, 1.54) is 16.2 Å². The quantitative estimate of drug-likeness (QED) is 0.170. The van der Waals surface area contributed by atoms with Crippen LogP contribution in [0.5, 0.6) is 0 Å². The molecule has 6 aromatic carbocycles. The lowest BCUT2D eigenvalue weighted by Gasteiger charge is -2.17. The summed E-state index contributed by atoms with van der Waals surface area (Å²) in [5, 5.41) is 5.85. The first-order valence-electron chi connectivity index (χ1n) is 18.0. The smallest absolute Gasteiger partial charge is 0.160 e. The Bertz CT molecular complexity index is 2730. The van der Waals surface area contributed by atoms with Crippen LogP contribution in [0.1, 0.15) is 12.1 Å². The second-order valence-electron chi connectivity index (χ2n) is 13.2. The fraction of sp³-hybridized carbons (Fsp3) is 0.0200. The van der Waals surface area contributed by atoms with E-state index in [-0.39, 0.29) is 0 Å². The molecule has 3 heteroatoms. The van der Waals surface area contributed by atoms with Crippen LogP contribution >= 0.6 is 0 Å². The van der Waals surface area contributed by atoms with E-state index in [9.17, 15) is 0 Å². The van der Waals surface area contributed by atoms with Gasteiger partial charge < -0.3 is 0 Å². The van der Waals surface area contributed by atoms with Crippen LogP contribution in [0.2, 0.25) is 0 Å². The number of pyridine rings is 1. The third-order valence-electron chi connectivity index (χ3n) is 9.77. The van der Waals surface area contributed by atoms with Crippen molar-refractivity contribution in [3.63, 3.8) is 0 Å². The largest absolute Gasteiger partial charge is 0.247 e. The molecule has 0 amide bonds. The van der Waals surface area contributed by atoms with Gasteiger partial charge in [0.15, 0.2) is 5.82 Å². The molecule has 9 rings (SSSR count). The van der Waals surface area contributed by atoms with Gasteiger partial charge in [-0.15, -0.1) is 0 Å². The summed E-state index contributed by atoms with van der Waals surface area (Å²) in [5.41, 5.74) is 11.0. The molecule has 0 bridgehead atoms. The minimum absolute atomic E-state index is 0.705. The lowest BCUT2D eigenvalue weighted by atomic mass is 9.89. The Balaban J connectivity index is 1.23. The number of aromatic nitrogens is 3. The third-order valence-corrected chi connectivity index (χ3v) is 9.77. The number of allylic oxidation sites excluding steroid dienone is 9. The molecule has 8 aromatic rings. The highest BCUT2D eigenvalue weighted by Gasteiger charge is 2.18. The van der Waals surface area contributed by atoms with Gasteiger partial charge in [-0.05, 0) is 58.2 Å². The average Bonchev–Trinajstić information content (AvgIpc) is 3.23. The van der Waals surface area contributed by atoms with Crippen LogP contribution in [0.3, 0.4) is 0 Å². The molecule has 0 radical (unpaired) electrons. The fourth-order valence-corrected chi connectivity index (χ4v) is 7.22. The molecule has 250 valence electrons. The molecule has 1 aliphatic carbocycles. The first-order chi connectivity index (χ1) is 26.2. The van der Waals surface area contributed by atoms with Gasteiger partial charge in [0.05, 0.1) is 22.6 Å². The van der Waals surface area contributed by atoms with E-state index in [4.69, 9.17) is 15.0 Å².